The van der Waals surface area contributed by atoms with Crippen molar-refractivity contribution in [2.24, 2.45) is 5.92 Å². The van der Waals surface area contributed by atoms with Crippen LogP contribution in [0.2, 0.25) is 0 Å². The average Bonchev–Trinajstić information content (AvgIpc) is 3.05. The maximum absolute atomic E-state index is 5.63. The van der Waals surface area contributed by atoms with Crippen molar-refractivity contribution in [3.8, 4) is 0 Å². The van der Waals surface area contributed by atoms with Crippen molar-refractivity contribution in [1.82, 2.24) is 19.9 Å². The Morgan fingerprint density at radius 3 is 2.95 bits per heavy atom. The highest BCUT2D eigenvalue weighted by Gasteiger charge is 2.32. The van der Waals surface area contributed by atoms with Gasteiger partial charge >= 0.3 is 0 Å². The minimum Gasteiger partial charge on any atom is -0.368 e. The molecule has 2 aromatic rings. The van der Waals surface area contributed by atoms with Gasteiger partial charge in [0, 0.05) is 13.0 Å². The number of hydrogen-bond acceptors (Lipinski definition) is 6. The van der Waals surface area contributed by atoms with Crippen LogP contribution in [0.25, 0.3) is 11.2 Å². The van der Waals surface area contributed by atoms with Crippen molar-refractivity contribution >= 4 is 17.0 Å². The van der Waals surface area contributed by atoms with Crippen molar-refractivity contribution in [2.45, 2.75) is 26.1 Å². The van der Waals surface area contributed by atoms with E-state index in [2.05, 4.69) is 32.2 Å². The van der Waals surface area contributed by atoms with Crippen LogP contribution in [-0.2, 0) is 9.47 Å². The summed E-state index contributed by atoms with van der Waals surface area (Å²) in [6, 6.07) is 0. The Hall–Kier alpha value is -1.73. The largest absolute Gasteiger partial charge is 0.368 e. The number of imidazole rings is 1. The third-order valence-electron chi connectivity index (χ3n) is 3.46. The number of nitrogens with one attached hydrogen (secondary N) is 2. The topological polar surface area (TPSA) is 85.0 Å². The van der Waals surface area contributed by atoms with Crippen LogP contribution in [0.15, 0.2) is 12.7 Å². The lowest BCUT2D eigenvalue weighted by Crippen LogP contribution is -2.30. The molecular formula is C13H19N5O2. The summed E-state index contributed by atoms with van der Waals surface area (Å²) < 4.78 is 11.3. The van der Waals surface area contributed by atoms with E-state index in [0.29, 0.717) is 24.8 Å². The van der Waals surface area contributed by atoms with Gasteiger partial charge in [0.05, 0.1) is 19.5 Å². The molecule has 3 heterocycles. The zero-order valence-corrected chi connectivity index (χ0v) is 11.7. The molecule has 2 aromatic heterocycles. The number of H-pyrrole nitrogens is 1. The summed E-state index contributed by atoms with van der Waals surface area (Å²) in [6.07, 6.45) is 3.98. The molecular weight excluding hydrogens is 258 g/mol. The van der Waals surface area contributed by atoms with E-state index in [1.54, 1.807) is 6.33 Å². The van der Waals surface area contributed by atoms with E-state index in [0.717, 1.165) is 24.3 Å². The van der Waals surface area contributed by atoms with Crippen LogP contribution in [-0.4, -0.2) is 45.5 Å². The zero-order chi connectivity index (χ0) is 14.0. The fraction of sp³-hybridized carbons (Fsp3) is 0.615. The number of nitrogens with zero attached hydrogens (tertiary/aromatic N) is 3. The van der Waals surface area contributed by atoms with Crippen LogP contribution in [0, 0.1) is 5.92 Å². The minimum atomic E-state index is -0.448. The first-order valence-corrected chi connectivity index (χ1v) is 6.82. The molecule has 1 aliphatic heterocycles. The van der Waals surface area contributed by atoms with Crippen molar-refractivity contribution in [2.75, 3.05) is 25.1 Å². The fourth-order valence-corrected chi connectivity index (χ4v) is 2.55. The molecule has 7 heteroatoms. The van der Waals surface area contributed by atoms with Gasteiger partial charge in [0.15, 0.2) is 17.3 Å². The van der Waals surface area contributed by atoms with E-state index >= 15 is 0 Å². The molecule has 20 heavy (non-hydrogen) atoms. The van der Waals surface area contributed by atoms with Gasteiger partial charge in [0.25, 0.3) is 0 Å². The first-order valence-electron chi connectivity index (χ1n) is 6.82. The van der Waals surface area contributed by atoms with Gasteiger partial charge in [0.2, 0.25) is 0 Å². The second-order valence-corrected chi connectivity index (χ2v) is 5.34. The standard InChI is InChI=1S/C13H19N5O2/c1-9(5-13(2)19-3-4-20-13)6-14-11-10-12(16-7-15-10)18-8-17-11/h7-9H,3-6H2,1-2H3,(H2,14,15,16,17,18)/t9-/m0/s1. The van der Waals surface area contributed by atoms with Gasteiger partial charge in [-0.1, -0.05) is 6.92 Å². The molecule has 1 fully saturated rings. The summed E-state index contributed by atoms with van der Waals surface area (Å²) in [6.45, 7) is 6.30. The zero-order valence-electron chi connectivity index (χ0n) is 11.7. The molecule has 7 nitrogen and oxygen atoms in total. The molecule has 0 aliphatic carbocycles. The van der Waals surface area contributed by atoms with E-state index < -0.39 is 5.79 Å². The predicted octanol–water partition coefficient (Wildman–Crippen LogP) is 1.55. The number of rotatable bonds is 5. The van der Waals surface area contributed by atoms with Crippen LogP contribution in [0.3, 0.4) is 0 Å². The van der Waals surface area contributed by atoms with E-state index in [4.69, 9.17) is 9.47 Å². The summed E-state index contributed by atoms with van der Waals surface area (Å²) in [5.41, 5.74) is 1.50. The molecule has 0 unspecified atom stereocenters. The monoisotopic (exact) mass is 277 g/mol. The average molecular weight is 277 g/mol. The van der Waals surface area contributed by atoms with E-state index in [9.17, 15) is 0 Å². The Bertz CT molecular complexity index is 579. The van der Waals surface area contributed by atoms with Crippen molar-refractivity contribution in [3.63, 3.8) is 0 Å². The molecule has 0 spiro atoms. The summed E-state index contributed by atoms with van der Waals surface area (Å²) in [7, 11) is 0. The third kappa shape index (κ3) is 2.73. The van der Waals surface area contributed by atoms with Crippen molar-refractivity contribution in [1.29, 1.82) is 0 Å². The Kier molecular flexibility index (Phi) is 3.54. The quantitative estimate of drug-likeness (QED) is 0.862. The lowest BCUT2D eigenvalue weighted by atomic mass is 10.0. The van der Waals surface area contributed by atoms with E-state index in [1.807, 2.05) is 6.92 Å². The lowest BCUT2D eigenvalue weighted by Gasteiger charge is -2.26. The molecule has 0 saturated carbocycles. The number of hydrogen-bond donors (Lipinski definition) is 2. The van der Waals surface area contributed by atoms with Crippen LogP contribution >= 0.6 is 0 Å². The van der Waals surface area contributed by atoms with Gasteiger partial charge in [0.1, 0.15) is 11.8 Å². The fourth-order valence-electron chi connectivity index (χ4n) is 2.55. The van der Waals surface area contributed by atoms with Crippen LogP contribution < -0.4 is 5.32 Å². The van der Waals surface area contributed by atoms with Gasteiger partial charge < -0.3 is 19.8 Å². The van der Waals surface area contributed by atoms with Crippen molar-refractivity contribution < 1.29 is 9.47 Å². The van der Waals surface area contributed by atoms with Gasteiger partial charge in [-0.15, -0.1) is 0 Å². The molecule has 1 atom stereocenters. The third-order valence-corrected chi connectivity index (χ3v) is 3.46. The molecule has 2 N–H and O–H groups in total. The first-order chi connectivity index (χ1) is 9.66. The lowest BCUT2D eigenvalue weighted by molar-refractivity contribution is -0.153. The predicted molar refractivity (Wildman–Crippen MR) is 74.3 cm³/mol. The molecule has 0 bridgehead atoms. The second-order valence-electron chi connectivity index (χ2n) is 5.34. The maximum Gasteiger partial charge on any atom is 0.182 e. The number of anilines is 1. The first kappa shape index (κ1) is 13.3. The summed E-state index contributed by atoms with van der Waals surface area (Å²) in [5, 5.41) is 3.33. The Balaban J connectivity index is 1.60. The van der Waals surface area contributed by atoms with Crippen LogP contribution in [0.5, 0.6) is 0 Å². The molecule has 0 radical (unpaired) electrons. The Morgan fingerprint density at radius 1 is 1.35 bits per heavy atom. The number of ether oxygens (including phenoxy) is 2. The van der Waals surface area contributed by atoms with E-state index in [1.165, 1.54) is 6.33 Å². The normalized spacial score (nSPS) is 19.3. The highest BCUT2D eigenvalue weighted by Crippen LogP contribution is 2.27. The summed E-state index contributed by atoms with van der Waals surface area (Å²) in [5.74, 6) is 0.722. The highest BCUT2D eigenvalue weighted by atomic mass is 16.7. The molecule has 1 aliphatic rings. The highest BCUT2D eigenvalue weighted by molar-refractivity contribution is 5.81. The number of aromatic amines is 1. The van der Waals surface area contributed by atoms with Gasteiger partial charge in [-0.3, -0.25) is 0 Å². The molecule has 0 amide bonds. The van der Waals surface area contributed by atoms with Gasteiger partial charge in [-0.2, -0.15) is 0 Å². The Labute approximate surface area is 117 Å². The Morgan fingerprint density at radius 2 is 2.15 bits per heavy atom. The smallest absolute Gasteiger partial charge is 0.182 e. The maximum atomic E-state index is 5.63. The number of fused-ring (bicyclic) bond motifs is 1. The molecule has 0 aromatic carbocycles. The van der Waals surface area contributed by atoms with E-state index in [-0.39, 0.29) is 0 Å². The second kappa shape index (κ2) is 5.34. The molecule has 1 saturated heterocycles. The summed E-state index contributed by atoms with van der Waals surface area (Å²) in [4.78, 5) is 15.5. The van der Waals surface area contributed by atoms with Crippen LogP contribution in [0.4, 0.5) is 5.82 Å². The van der Waals surface area contributed by atoms with Gasteiger partial charge in [-0.25, -0.2) is 15.0 Å². The number of aromatic nitrogens is 4. The van der Waals surface area contributed by atoms with Crippen molar-refractivity contribution in [3.05, 3.63) is 12.7 Å². The minimum absolute atomic E-state index is 0.394. The van der Waals surface area contributed by atoms with Gasteiger partial charge in [-0.05, 0) is 12.8 Å². The summed E-state index contributed by atoms with van der Waals surface area (Å²) >= 11 is 0. The van der Waals surface area contributed by atoms with Crippen LogP contribution in [0.1, 0.15) is 20.3 Å². The SMILES string of the molecule is C[C@H](CNc1ncnc2nc[nH]c12)CC1(C)OCCO1. The molecule has 3 rings (SSSR count). The molecule has 108 valence electrons.